The van der Waals surface area contributed by atoms with Crippen LogP contribution in [0, 0.1) is 0 Å². The van der Waals surface area contributed by atoms with Crippen molar-refractivity contribution in [3.05, 3.63) is 60.8 Å². The average molecular weight is 853 g/mol. The molecule has 0 aromatic heterocycles. The van der Waals surface area contributed by atoms with Gasteiger partial charge in [0.05, 0.1) is 0 Å². The van der Waals surface area contributed by atoms with E-state index >= 15 is 0 Å². The zero-order valence-electron chi connectivity index (χ0n) is 40.2. The van der Waals surface area contributed by atoms with Crippen molar-refractivity contribution in [1.82, 2.24) is 0 Å². The van der Waals surface area contributed by atoms with E-state index in [0.717, 1.165) is 96.3 Å². The van der Waals surface area contributed by atoms with E-state index in [1.54, 1.807) is 0 Å². The SMILES string of the molecule is CCCCC/C=C\C/C=C\C/C=C\CCCCC(=O)OC[C@H](COC(=O)CCCCCCCCCCCCCCC)OC(=O)CCCCCCC/C=C\C/C=C\CCCCC. The molecule has 352 valence electrons. The van der Waals surface area contributed by atoms with E-state index in [0.29, 0.717) is 19.3 Å². The van der Waals surface area contributed by atoms with Gasteiger partial charge in [0, 0.05) is 19.3 Å². The van der Waals surface area contributed by atoms with Crippen molar-refractivity contribution in [1.29, 1.82) is 0 Å². The number of carbonyl (C=O) groups is 3. The molecular formula is C55H96O6. The second-order valence-electron chi connectivity index (χ2n) is 17.1. The summed E-state index contributed by atoms with van der Waals surface area (Å²) in [7, 11) is 0. The quantitative estimate of drug-likeness (QED) is 0.0263. The molecule has 0 heterocycles. The van der Waals surface area contributed by atoms with Crippen LogP contribution in [0.2, 0.25) is 0 Å². The minimum atomic E-state index is -0.794. The average Bonchev–Trinajstić information content (AvgIpc) is 3.26. The maximum atomic E-state index is 12.8. The number of esters is 3. The second kappa shape index (κ2) is 49.8. The van der Waals surface area contributed by atoms with Crippen LogP contribution in [-0.2, 0) is 28.6 Å². The molecule has 0 aromatic carbocycles. The van der Waals surface area contributed by atoms with Gasteiger partial charge in [-0.2, -0.15) is 0 Å². The van der Waals surface area contributed by atoms with Crippen molar-refractivity contribution >= 4 is 17.9 Å². The zero-order chi connectivity index (χ0) is 44.4. The Hall–Kier alpha value is -2.89. The standard InChI is InChI=1S/C55H96O6/c1-4-7-10-13-16-19-22-25-27-30-33-36-39-42-45-48-54(57)60-51-52(50-59-53(56)47-44-41-38-35-32-29-24-21-18-15-12-9-6-3)61-55(58)49-46-43-40-37-34-31-28-26-23-20-17-14-11-8-5-2/h16-17,19-20,25-28,33,36,52H,4-15,18,21-24,29-32,34-35,37-51H2,1-3H3/b19-16-,20-17-,27-25-,28-26-,36-33-/t52-/m0/s1. The molecule has 61 heavy (non-hydrogen) atoms. The van der Waals surface area contributed by atoms with Crippen molar-refractivity contribution in [3.63, 3.8) is 0 Å². The normalized spacial score (nSPS) is 12.5. The summed E-state index contributed by atoms with van der Waals surface area (Å²) >= 11 is 0. The van der Waals surface area contributed by atoms with E-state index in [9.17, 15) is 14.4 Å². The smallest absolute Gasteiger partial charge is 0.306 e. The molecule has 0 aliphatic heterocycles. The van der Waals surface area contributed by atoms with Crippen molar-refractivity contribution < 1.29 is 28.6 Å². The lowest BCUT2D eigenvalue weighted by Crippen LogP contribution is -2.30. The number of rotatable bonds is 46. The largest absolute Gasteiger partial charge is 0.462 e. The molecule has 0 amide bonds. The summed E-state index contributed by atoms with van der Waals surface area (Å²) in [4.78, 5) is 37.9. The molecular weight excluding hydrogens is 757 g/mol. The Morgan fingerprint density at radius 3 is 0.984 bits per heavy atom. The summed E-state index contributed by atoms with van der Waals surface area (Å²) in [5.41, 5.74) is 0. The van der Waals surface area contributed by atoms with Crippen molar-refractivity contribution in [2.75, 3.05) is 13.2 Å². The molecule has 0 rings (SSSR count). The van der Waals surface area contributed by atoms with Crippen molar-refractivity contribution in [2.24, 2.45) is 0 Å². The minimum Gasteiger partial charge on any atom is -0.462 e. The van der Waals surface area contributed by atoms with Gasteiger partial charge in [-0.05, 0) is 89.9 Å². The van der Waals surface area contributed by atoms with Crippen LogP contribution in [0.1, 0.15) is 252 Å². The monoisotopic (exact) mass is 853 g/mol. The van der Waals surface area contributed by atoms with Gasteiger partial charge in [-0.15, -0.1) is 0 Å². The van der Waals surface area contributed by atoms with Crippen LogP contribution in [0.5, 0.6) is 0 Å². The Balaban J connectivity index is 4.46. The Morgan fingerprint density at radius 1 is 0.328 bits per heavy atom. The van der Waals surface area contributed by atoms with Gasteiger partial charge in [-0.1, -0.05) is 204 Å². The molecule has 0 bridgehead atoms. The van der Waals surface area contributed by atoms with Crippen molar-refractivity contribution in [3.8, 4) is 0 Å². The molecule has 0 fully saturated rings. The maximum Gasteiger partial charge on any atom is 0.306 e. The molecule has 6 heteroatoms. The van der Waals surface area contributed by atoms with Gasteiger partial charge in [0.25, 0.3) is 0 Å². The first-order valence-electron chi connectivity index (χ1n) is 25.8. The van der Waals surface area contributed by atoms with E-state index < -0.39 is 6.10 Å². The van der Waals surface area contributed by atoms with Gasteiger partial charge in [0.1, 0.15) is 13.2 Å². The van der Waals surface area contributed by atoms with E-state index in [1.807, 2.05) is 0 Å². The summed E-state index contributed by atoms with van der Waals surface area (Å²) in [5.74, 6) is -0.940. The molecule has 0 aromatic rings. The number of hydrogen-bond acceptors (Lipinski definition) is 6. The molecule has 0 aliphatic rings. The summed E-state index contributed by atoms with van der Waals surface area (Å²) in [6.07, 6.45) is 60.5. The molecule has 0 aliphatic carbocycles. The topological polar surface area (TPSA) is 78.9 Å². The van der Waals surface area contributed by atoms with E-state index in [1.165, 1.54) is 116 Å². The van der Waals surface area contributed by atoms with Crippen LogP contribution in [0.4, 0.5) is 0 Å². The number of hydrogen-bond donors (Lipinski definition) is 0. The Kier molecular flexibility index (Phi) is 47.4. The molecule has 0 saturated heterocycles. The fraction of sp³-hybridized carbons (Fsp3) is 0.764. The van der Waals surface area contributed by atoms with Crippen LogP contribution >= 0.6 is 0 Å². The third-order valence-electron chi connectivity index (χ3n) is 11.0. The summed E-state index contributed by atoms with van der Waals surface area (Å²) in [5, 5.41) is 0. The Bertz CT molecular complexity index is 1120. The highest BCUT2D eigenvalue weighted by Crippen LogP contribution is 2.14. The number of unbranched alkanes of at least 4 members (excludes halogenated alkanes) is 25. The highest BCUT2D eigenvalue weighted by atomic mass is 16.6. The Morgan fingerprint density at radius 2 is 0.590 bits per heavy atom. The van der Waals surface area contributed by atoms with Crippen LogP contribution in [0.25, 0.3) is 0 Å². The first kappa shape index (κ1) is 58.1. The van der Waals surface area contributed by atoms with Crippen molar-refractivity contribution in [2.45, 2.75) is 258 Å². The summed E-state index contributed by atoms with van der Waals surface area (Å²) in [6.45, 7) is 6.54. The van der Waals surface area contributed by atoms with Gasteiger partial charge in [0.15, 0.2) is 6.10 Å². The van der Waals surface area contributed by atoms with Gasteiger partial charge in [-0.3, -0.25) is 14.4 Å². The van der Waals surface area contributed by atoms with Gasteiger partial charge >= 0.3 is 17.9 Å². The highest BCUT2D eigenvalue weighted by Gasteiger charge is 2.19. The molecule has 0 saturated carbocycles. The van der Waals surface area contributed by atoms with Crippen LogP contribution in [0.3, 0.4) is 0 Å². The van der Waals surface area contributed by atoms with E-state index in [4.69, 9.17) is 14.2 Å². The minimum absolute atomic E-state index is 0.0903. The maximum absolute atomic E-state index is 12.8. The number of ether oxygens (including phenoxy) is 3. The molecule has 0 radical (unpaired) electrons. The lowest BCUT2D eigenvalue weighted by molar-refractivity contribution is -0.167. The van der Waals surface area contributed by atoms with Crippen LogP contribution < -0.4 is 0 Å². The predicted octanol–water partition coefficient (Wildman–Crippen LogP) is 16.9. The number of allylic oxidation sites excluding steroid dienone is 10. The third kappa shape index (κ3) is 48.0. The third-order valence-corrected chi connectivity index (χ3v) is 11.0. The lowest BCUT2D eigenvalue weighted by Gasteiger charge is -2.18. The fourth-order valence-electron chi connectivity index (χ4n) is 7.07. The molecule has 0 N–H and O–H groups in total. The first-order valence-corrected chi connectivity index (χ1v) is 25.8. The fourth-order valence-corrected chi connectivity index (χ4v) is 7.07. The zero-order valence-corrected chi connectivity index (χ0v) is 40.2. The molecule has 6 nitrogen and oxygen atoms in total. The summed E-state index contributed by atoms with van der Waals surface area (Å²) < 4.78 is 16.8. The second-order valence-corrected chi connectivity index (χ2v) is 17.1. The molecule has 0 spiro atoms. The van der Waals surface area contributed by atoms with Gasteiger partial charge in [-0.25, -0.2) is 0 Å². The summed E-state index contributed by atoms with van der Waals surface area (Å²) in [6, 6.07) is 0. The predicted molar refractivity (Wildman–Crippen MR) is 261 cm³/mol. The van der Waals surface area contributed by atoms with Crippen LogP contribution in [0.15, 0.2) is 60.8 Å². The van der Waals surface area contributed by atoms with Gasteiger partial charge < -0.3 is 14.2 Å². The van der Waals surface area contributed by atoms with E-state index in [-0.39, 0.29) is 31.1 Å². The highest BCUT2D eigenvalue weighted by molar-refractivity contribution is 5.71. The molecule has 0 unspecified atom stereocenters. The number of carbonyl (C=O) groups excluding carboxylic acids is 3. The van der Waals surface area contributed by atoms with Gasteiger partial charge in [0.2, 0.25) is 0 Å². The van der Waals surface area contributed by atoms with E-state index in [2.05, 4.69) is 81.5 Å². The lowest BCUT2D eigenvalue weighted by atomic mass is 10.0. The van der Waals surface area contributed by atoms with Crippen LogP contribution in [-0.4, -0.2) is 37.2 Å². The first-order chi connectivity index (χ1) is 30.0. The molecule has 1 atom stereocenters. The Labute approximate surface area is 377 Å².